The normalized spacial score (nSPS) is 15.3. The van der Waals surface area contributed by atoms with E-state index in [0.717, 1.165) is 60.0 Å². The van der Waals surface area contributed by atoms with Gasteiger partial charge in [0.1, 0.15) is 5.82 Å². The molecule has 4 rings (SSSR count). The molecule has 1 fully saturated rings. The summed E-state index contributed by atoms with van der Waals surface area (Å²) in [7, 11) is 0. The summed E-state index contributed by atoms with van der Waals surface area (Å²) in [6.45, 7) is 6.86. The van der Waals surface area contributed by atoms with Crippen LogP contribution in [0.15, 0.2) is 53.4 Å². The summed E-state index contributed by atoms with van der Waals surface area (Å²) >= 11 is 1.74. The highest BCUT2D eigenvalue weighted by molar-refractivity contribution is 7.99. The predicted octanol–water partition coefficient (Wildman–Crippen LogP) is 5.01. The zero-order valence-corrected chi connectivity index (χ0v) is 17.4. The van der Waals surface area contributed by atoms with Gasteiger partial charge >= 0.3 is 0 Å². The molecular formula is C23H27N3OS. The minimum absolute atomic E-state index is 0.180. The lowest BCUT2D eigenvalue weighted by molar-refractivity contribution is 0.0679. The van der Waals surface area contributed by atoms with Crippen LogP contribution in [-0.4, -0.2) is 39.2 Å². The van der Waals surface area contributed by atoms with E-state index in [1.807, 2.05) is 29.2 Å². The molecule has 0 spiro atoms. The van der Waals surface area contributed by atoms with Gasteiger partial charge in [-0.25, -0.2) is 4.98 Å². The van der Waals surface area contributed by atoms with Crippen LogP contribution < -0.4 is 0 Å². The van der Waals surface area contributed by atoms with Gasteiger partial charge in [0, 0.05) is 24.5 Å². The van der Waals surface area contributed by atoms with Gasteiger partial charge in [-0.1, -0.05) is 31.2 Å². The molecule has 1 saturated heterocycles. The Labute approximate surface area is 170 Å². The van der Waals surface area contributed by atoms with Crippen LogP contribution in [0.4, 0.5) is 0 Å². The van der Waals surface area contributed by atoms with E-state index in [0.29, 0.717) is 5.92 Å². The van der Waals surface area contributed by atoms with E-state index >= 15 is 0 Å². The molecule has 0 bridgehead atoms. The summed E-state index contributed by atoms with van der Waals surface area (Å²) in [5, 5.41) is 0. The number of carbonyl (C=O) groups excluding carboxylic acids is 1. The number of para-hydroxylation sites is 2. The van der Waals surface area contributed by atoms with Crippen molar-refractivity contribution < 1.29 is 4.79 Å². The van der Waals surface area contributed by atoms with Crippen LogP contribution in [0.3, 0.4) is 0 Å². The third kappa shape index (κ3) is 3.81. The maximum absolute atomic E-state index is 13.0. The molecule has 0 unspecified atom stereocenters. The number of rotatable bonds is 5. The largest absolute Gasteiger partial charge is 0.339 e. The molecule has 1 aliphatic rings. The zero-order chi connectivity index (χ0) is 19.5. The molecule has 3 aromatic rings. The summed E-state index contributed by atoms with van der Waals surface area (Å²) in [5.74, 6) is 2.81. The van der Waals surface area contributed by atoms with E-state index in [4.69, 9.17) is 0 Å². The van der Waals surface area contributed by atoms with E-state index in [9.17, 15) is 4.79 Å². The number of aromatic nitrogens is 2. The second kappa shape index (κ2) is 8.39. The Hall–Kier alpha value is -2.27. The van der Waals surface area contributed by atoms with Crippen molar-refractivity contribution in [3.05, 3.63) is 59.9 Å². The number of imidazole rings is 1. The van der Waals surface area contributed by atoms with Crippen molar-refractivity contribution in [3.63, 3.8) is 0 Å². The van der Waals surface area contributed by atoms with Crippen molar-refractivity contribution in [1.29, 1.82) is 0 Å². The number of amides is 1. The summed E-state index contributed by atoms with van der Waals surface area (Å²) in [6, 6.07) is 16.3. The average Bonchev–Trinajstić information content (AvgIpc) is 3.04. The molecule has 0 saturated carbocycles. The zero-order valence-electron chi connectivity index (χ0n) is 16.6. The second-order valence-electron chi connectivity index (χ2n) is 7.42. The van der Waals surface area contributed by atoms with Gasteiger partial charge < -0.3 is 9.47 Å². The number of piperidine rings is 1. The molecule has 1 aliphatic heterocycles. The number of likely N-dealkylation sites (tertiary alicyclic amines) is 1. The maximum atomic E-state index is 13.0. The third-order valence-corrected chi connectivity index (χ3v) is 6.56. The Morgan fingerprint density at radius 3 is 2.61 bits per heavy atom. The lowest BCUT2D eigenvalue weighted by Crippen LogP contribution is -2.39. The van der Waals surface area contributed by atoms with Gasteiger partial charge in [0.25, 0.3) is 5.91 Å². The third-order valence-electron chi connectivity index (χ3n) is 5.61. The predicted molar refractivity (Wildman–Crippen MR) is 116 cm³/mol. The molecule has 0 radical (unpaired) electrons. The van der Waals surface area contributed by atoms with Gasteiger partial charge in [0.2, 0.25) is 0 Å². The molecule has 2 heterocycles. The van der Waals surface area contributed by atoms with Crippen LogP contribution in [0, 0.1) is 12.8 Å². The summed E-state index contributed by atoms with van der Waals surface area (Å²) in [4.78, 5) is 20.9. The SMILES string of the molecule is CCSc1ccccc1C(=O)N1CCC(Cn2c(C)nc3ccccc32)CC1. The van der Waals surface area contributed by atoms with Gasteiger partial charge in [-0.05, 0) is 55.7 Å². The van der Waals surface area contributed by atoms with Crippen molar-refractivity contribution in [3.8, 4) is 0 Å². The van der Waals surface area contributed by atoms with Crippen molar-refractivity contribution >= 4 is 28.7 Å². The molecule has 1 amide bonds. The average molecular weight is 394 g/mol. The first-order valence-electron chi connectivity index (χ1n) is 10.1. The van der Waals surface area contributed by atoms with Crippen LogP contribution >= 0.6 is 11.8 Å². The molecule has 28 heavy (non-hydrogen) atoms. The Kier molecular flexibility index (Phi) is 5.72. The number of aryl methyl sites for hydroxylation is 1. The topological polar surface area (TPSA) is 38.1 Å². The van der Waals surface area contributed by atoms with Gasteiger partial charge in [0.15, 0.2) is 0 Å². The van der Waals surface area contributed by atoms with E-state index in [1.54, 1.807) is 11.8 Å². The first kappa shape index (κ1) is 19.1. The first-order chi connectivity index (χ1) is 13.7. The van der Waals surface area contributed by atoms with Gasteiger partial charge in [-0.3, -0.25) is 4.79 Å². The lowest BCUT2D eigenvalue weighted by atomic mass is 9.96. The second-order valence-corrected chi connectivity index (χ2v) is 8.73. The molecular weight excluding hydrogens is 366 g/mol. The summed E-state index contributed by atoms with van der Waals surface area (Å²) < 4.78 is 2.34. The van der Waals surface area contributed by atoms with Gasteiger partial charge in [0.05, 0.1) is 16.6 Å². The lowest BCUT2D eigenvalue weighted by Gasteiger charge is -2.33. The van der Waals surface area contributed by atoms with Crippen molar-refractivity contribution in [2.75, 3.05) is 18.8 Å². The number of benzene rings is 2. The molecule has 146 valence electrons. The highest BCUT2D eigenvalue weighted by atomic mass is 32.2. The van der Waals surface area contributed by atoms with Gasteiger partial charge in [-0.15, -0.1) is 11.8 Å². The molecule has 2 aromatic carbocycles. The van der Waals surface area contributed by atoms with Crippen LogP contribution in [0.1, 0.15) is 35.9 Å². The molecule has 4 nitrogen and oxygen atoms in total. The van der Waals surface area contributed by atoms with E-state index in [-0.39, 0.29) is 5.91 Å². The Morgan fingerprint density at radius 1 is 1.11 bits per heavy atom. The number of hydrogen-bond donors (Lipinski definition) is 0. The first-order valence-corrected chi connectivity index (χ1v) is 11.1. The van der Waals surface area contributed by atoms with E-state index in [2.05, 4.69) is 47.7 Å². The Morgan fingerprint density at radius 2 is 1.82 bits per heavy atom. The van der Waals surface area contributed by atoms with Crippen LogP contribution in [-0.2, 0) is 6.54 Å². The van der Waals surface area contributed by atoms with Crippen LogP contribution in [0.2, 0.25) is 0 Å². The molecule has 0 N–H and O–H groups in total. The number of nitrogens with zero attached hydrogens (tertiary/aromatic N) is 3. The quantitative estimate of drug-likeness (QED) is 0.572. The number of carbonyl (C=O) groups is 1. The monoisotopic (exact) mass is 393 g/mol. The maximum Gasteiger partial charge on any atom is 0.254 e. The van der Waals surface area contributed by atoms with Crippen LogP contribution in [0.25, 0.3) is 11.0 Å². The van der Waals surface area contributed by atoms with E-state index < -0.39 is 0 Å². The fourth-order valence-corrected chi connectivity index (χ4v) is 4.89. The standard InChI is InChI=1S/C23H27N3OS/c1-3-28-22-11-7-4-8-19(22)23(27)25-14-12-18(13-15-25)16-26-17(2)24-20-9-5-6-10-21(20)26/h4-11,18H,3,12-16H2,1-2H3. The molecule has 1 aromatic heterocycles. The fourth-order valence-electron chi connectivity index (χ4n) is 4.10. The Bertz CT molecular complexity index is 973. The molecule has 0 atom stereocenters. The smallest absolute Gasteiger partial charge is 0.254 e. The number of hydrogen-bond acceptors (Lipinski definition) is 3. The van der Waals surface area contributed by atoms with E-state index in [1.165, 1.54) is 5.52 Å². The fraction of sp³-hybridized carbons (Fsp3) is 0.391. The van der Waals surface area contributed by atoms with Crippen molar-refractivity contribution in [1.82, 2.24) is 14.5 Å². The Balaban J connectivity index is 1.42. The highest BCUT2D eigenvalue weighted by Gasteiger charge is 2.25. The molecule has 5 heteroatoms. The number of fused-ring (bicyclic) bond motifs is 1. The van der Waals surface area contributed by atoms with Crippen molar-refractivity contribution in [2.45, 2.75) is 38.1 Å². The summed E-state index contributed by atoms with van der Waals surface area (Å²) in [6.07, 6.45) is 2.08. The van der Waals surface area contributed by atoms with Crippen molar-refractivity contribution in [2.24, 2.45) is 5.92 Å². The number of thioether (sulfide) groups is 1. The minimum Gasteiger partial charge on any atom is -0.339 e. The highest BCUT2D eigenvalue weighted by Crippen LogP contribution is 2.27. The summed E-state index contributed by atoms with van der Waals surface area (Å²) in [5.41, 5.74) is 3.13. The minimum atomic E-state index is 0.180. The van der Waals surface area contributed by atoms with Crippen LogP contribution in [0.5, 0.6) is 0 Å². The molecule has 0 aliphatic carbocycles. The van der Waals surface area contributed by atoms with Gasteiger partial charge in [-0.2, -0.15) is 0 Å².